The van der Waals surface area contributed by atoms with E-state index in [1.807, 2.05) is 0 Å². The SMILES string of the molecule is O=P(O)(Cl)C1(C2=CCCC2)CC(F)(F)C(F)(F)C(F)(F)C1. The Morgan fingerprint density at radius 2 is 1.57 bits per heavy atom. The molecule has 0 aromatic heterocycles. The molecular weight excluding hydrogens is 345 g/mol. The van der Waals surface area contributed by atoms with Gasteiger partial charge in [-0.2, -0.15) is 26.3 Å². The fraction of sp³-hybridized carbons (Fsp3) is 0.818. The van der Waals surface area contributed by atoms with Crippen LogP contribution in [-0.4, -0.2) is 27.8 Å². The average molecular weight is 357 g/mol. The normalized spacial score (nSPS) is 32.3. The van der Waals surface area contributed by atoms with E-state index in [1.165, 1.54) is 6.08 Å². The summed E-state index contributed by atoms with van der Waals surface area (Å²) < 4.78 is 92.8. The Hall–Kier alpha value is -0.200. The summed E-state index contributed by atoms with van der Waals surface area (Å²) in [7, 11) is 0. The van der Waals surface area contributed by atoms with Crippen LogP contribution in [0.4, 0.5) is 26.3 Å². The molecule has 0 spiro atoms. The van der Waals surface area contributed by atoms with E-state index >= 15 is 0 Å². The van der Waals surface area contributed by atoms with Crippen molar-refractivity contribution in [1.29, 1.82) is 0 Å². The highest BCUT2D eigenvalue weighted by Gasteiger charge is 2.80. The van der Waals surface area contributed by atoms with Gasteiger partial charge < -0.3 is 4.89 Å². The summed E-state index contributed by atoms with van der Waals surface area (Å²) in [4.78, 5) is 9.56. The van der Waals surface area contributed by atoms with Gasteiger partial charge in [-0.3, -0.25) is 4.57 Å². The lowest BCUT2D eigenvalue weighted by Crippen LogP contribution is -2.64. The Bertz CT molecular complexity index is 507. The molecule has 122 valence electrons. The zero-order valence-electron chi connectivity index (χ0n) is 10.6. The molecule has 0 heterocycles. The van der Waals surface area contributed by atoms with Crippen molar-refractivity contribution in [2.45, 2.75) is 55.0 Å². The first-order valence-corrected chi connectivity index (χ1v) is 8.69. The molecule has 0 amide bonds. The molecule has 0 aliphatic heterocycles. The highest BCUT2D eigenvalue weighted by Crippen LogP contribution is 2.73. The van der Waals surface area contributed by atoms with Crippen molar-refractivity contribution in [2.75, 3.05) is 0 Å². The summed E-state index contributed by atoms with van der Waals surface area (Å²) in [6.45, 7) is -5.03. The summed E-state index contributed by atoms with van der Waals surface area (Å²) in [5, 5.41) is -2.72. The summed E-state index contributed by atoms with van der Waals surface area (Å²) in [5.41, 5.74) is -0.154. The third-order valence-electron chi connectivity index (χ3n) is 4.11. The van der Waals surface area contributed by atoms with Gasteiger partial charge in [0, 0.05) is 12.8 Å². The van der Waals surface area contributed by atoms with Gasteiger partial charge in [-0.05, 0) is 30.5 Å². The molecule has 21 heavy (non-hydrogen) atoms. The molecule has 0 radical (unpaired) electrons. The number of hydrogen-bond donors (Lipinski definition) is 1. The Balaban J connectivity index is 2.62. The Morgan fingerprint density at radius 3 is 1.90 bits per heavy atom. The van der Waals surface area contributed by atoms with Gasteiger partial charge in [0.1, 0.15) is 0 Å². The molecule has 1 fully saturated rings. The smallest absolute Gasteiger partial charge is 0.333 e. The quantitative estimate of drug-likeness (QED) is 0.431. The van der Waals surface area contributed by atoms with Crippen molar-refractivity contribution in [3.05, 3.63) is 11.6 Å². The summed E-state index contributed by atoms with van der Waals surface area (Å²) in [5.74, 6) is -15.9. The van der Waals surface area contributed by atoms with Gasteiger partial charge in [0.25, 0.3) is 6.72 Å². The van der Waals surface area contributed by atoms with Gasteiger partial charge >= 0.3 is 17.8 Å². The topological polar surface area (TPSA) is 37.3 Å². The van der Waals surface area contributed by atoms with E-state index in [4.69, 9.17) is 11.2 Å². The maximum Gasteiger partial charge on any atom is 0.371 e. The molecule has 0 aromatic carbocycles. The minimum absolute atomic E-state index is 0.00893. The van der Waals surface area contributed by atoms with Crippen molar-refractivity contribution in [2.24, 2.45) is 0 Å². The first kappa shape index (κ1) is 17.2. The van der Waals surface area contributed by atoms with Gasteiger partial charge in [-0.25, -0.2) is 0 Å². The van der Waals surface area contributed by atoms with Crippen molar-refractivity contribution >= 4 is 18.0 Å². The second kappa shape index (κ2) is 4.65. The maximum absolute atomic E-state index is 13.6. The zero-order valence-corrected chi connectivity index (χ0v) is 12.2. The molecule has 0 saturated heterocycles. The molecule has 1 unspecified atom stereocenters. The maximum atomic E-state index is 13.6. The first-order chi connectivity index (χ1) is 9.27. The third kappa shape index (κ3) is 2.34. The Kier molecular flexibility index (Phi) is 3.80. The summed E-state index contributed by atoms with van der Waals surface area (Å²) in [6, 6.07) is 0. The molecule has 2 aliphatic carbocycles. The van der Waals surface area contributed by atoms with Gasteiger partial charge in [-0.1, -0.05) is 11.6 Å². The molecule has 0 bridgehead atoms. The number of alkyl halides is 6. The van der Waals surface area contributed by atoms with E-state index in [0.29, 0.717) is 12.8 Å². The van der Waals surface area contributed by atoms with E-state index in [2.05, 4.69) is 0 Å². The van der Waals surface area contributed by atoms with Crippen LogP contribution in [-0.2, 0) is 4.57 Å². The molecule has 1 atom stereocenters. The fourth-order valence-electron chi connectivity index (χ4n) is 2.98. The Morgan fingerprint density at radius 1 is 1.10 bits per heavy atom. The molecule has 2 nitrogen and oxygen atoms in total. The lowest BCUT2D eigenvalue weighted by molar-refractivity contribution is -0.332. The number of rotatable bonds is 2. The van der Waals surface area contributed by atoms with Crippen LogP contribution in [0.1, 0.15) is 32.1 Å². The molecule has 1 N–H and O–H groups in total. The number of halogens is 7. The second-order valence-corrected chi connectivity index (χ2v) is 8.73. The number of hydrogen-bond acceptors (Lipinski definition) is 1. The monoisotopic (exact) mass is 356 g/mol. The summed E-state index contributed by atoms with van der Waals surface area (Å²) in [6.07, 6.45) is -1.73. The second-order valence-electron chi connectivity index (χ2n) is 5.49. The summed E-state index contributed by atoms with van der Waals surface area (Å²) >= 11 is 5.26. The standard InChI is InChI=1S/C11H12ClF6O2P/c12-21(19,20)8(7-3-1-2-4-7)5-9(13,14)11(17,18)10(15,16)6-8/h3H,1-2,4-6H2,(H,19,20). The molecule has 2 rings (SSSR count). The largest absolute Gasteiger partial charge is 0.371 e. The highest BCUT2D eigenvalue weighted by molar-refractivity contribution is 7.86. The predicted molar refractivity (Wildman–Crippen MR) is 64.4 cm³/mol. The number of allylic oxidation sites excluding steroid dienone is 2. The van der Waals surface area contributed by atoms with E-state index in [-0.39, 0.29) is 12.0 Å². The fourth-order valence-corrected chi connectivity index (χ4v) is 5.01. The minimum Gasteiger partial charge on any atom is -0.333 e. The van der Waals surface area contributed by atoms with Crippen LogP contribution >= 0.6 is 18.0 Å². The van der Waals surface area contributed by atoms with Crippen molar-refractivity contribution in [3.63, 3.8) is 0 Å². The molecule has 0 aromatic rings. The predicted octanol–water partition coefficient (Wildman–Crippen LogP) is 4.96. The van der Waals surface area contributed by atoms with Crippen LogP contribution in [0, 0.1) is 0 Å². The van der Waals surface area contributed by atoms with E-state index in [0.717, 1.165) is 0 Å². The van der Waals surface area contributed by atoms with E-state index in [1.54, 1.807) is 0 Å². The average Bonchev–Trinajstić information content (AvgIpc) is 2.77. The Labute approximate surface area is 121 Å². The highest BCUT2D eigenvalue weighted by atomic mass is 35.7. The molecule has 10 heteroatoms. The van der Waals surface area contributed by atoms with Gasteiger partial charge in [0.05, 0.1) is 5.16 Å². The minimum atomic E-state index is -5.59. The van der Waals surface area contributed by atoms with Crippen molar-refractivity contribution in [3.8, 4) is 0 Å². The lowest BCUT2D eigenvalue weighted by atomic mass is 9.76. The third-order valence-corrected chi connectivity index (χ3v) is 6.74. The molecular formula is C11H12ClF6O2P. The van der Waals surface area contributed by atoms with Gasteiger partial charge in [0.15, 0.2) is 0 Å². The first-order valence-electron chi connectivity index (χ1n) is 6.12. The van der Waals surface area contributed by atoms with Crippen molar-refractivity contribution in [1.82, 2.24) is 0 Å². The van der Waals surface area contributed by atoms with Crippen LogP contribution in [0.2, 0.25) is 0 Å². The van der Waals surface area contributed by atoms with E-state index < -0.39 is 42.5 Å². The van der Waals surface area contributed by atoms with Gasteiger partial charge in [-0.15, -0.1) is 0 Å². The van der Waals surface area contributed by atoms with Crippen LogP contribution in [0.5, 0.6) is 0 Å². The van der Waals surface area contributed by atoms with Crippen LogP contribution < -0.4 is 0 Å². The van der Waals surface area contributed by atoms with E-state index in [9.17, 15) is 35.8 Å². The van der Waals surface area contributed by atoms with Crippen LogP contribution in [0.15, 0.2) is 11.6 Å². The van der Waals surface area contributed by atoms with Crippen molar-refractivity contribution < 1.29 is 35.8 Å². The lowest BCUT2D eigenvalue weighted by Gasteiger charge is -2.48. The zero-order chi connectivity index (χ0) is 16.3. The molecule has 1 saturated carbocycles. The van der Waals surface area contributed by atoms with Crippen LogP contribution in [0.25, 0.3) is 0 Å². The van der Waals surface area contributed by atoms with Crippen LogP contribution in [0.3, 0.4) is 0 Å². The molecule has 2 aliphatic rings. The van der Waals surface area contributed by atoms with Gasteiger partial charge in [0.2, 0.25) is 0 Å².